The third kappa shape index (κ3) is 6.68. The molecule has 0 heterocycles. The first kappa shape index (κ1) is 23.1. The van der Waals surface area contributed by atoms with Gasteiger partial charge in [-0.2, -0.15) is 0 Å². The van der Waals surface area contributed by atoms with Crippen LogP contribution in [0.25, 0.3) is 0 Å². The fraction of sp³-hybridized carbons (Fsp3) is 0.481. The minimum atomic E-state index is -0.440. The summed E-state index contributed by atoms with van der Waals surface area (Å²) in [7, 11) is 0. The lowest BCUT2D eigenvalue weighted by atomic mass is 9.95. The van der Waals surface area contributed by atoms with Gasteiger partial charge in [0.2, 0.25) is 11.8 Å². The van der Waals surface area contributed by atoms with Crippen LogP contribution in [0.4, 0.5) is 0 Å². The van der Waals surface area contributed by atoms with E-state index in [9.17, 15) is 9.59 Å². The summed E-state index contributed by atoms with van der Waals surface area (Å²) < 4.78 is 0. The number of amides is 2. The zero-order valence-corrected chi connectivity index (χ0v) is 19.0. The van der Waals surface area contributed by atoms with Gasteiger partial charge >= 0.3 is 0 Å². The summed E-state index contributed by atoms with van der Waals surface area (Å²) in [5.74, 6) is 0.0359. The minimum Gasteiger partial charge on any atom is -0.352 e. The van der Waals surface area contributed by atoms with Gasteiger partial charge in [-0.1, -0.05) is 80.8 Å². The van der Waals surface area contributed by atoms with Crippen LogP contribution in [0.3, 0.4) is 0 Å². The van der Waals surface area contributed by atoms with Gasteiger partial charge in [-0.25, -0.2) is 0 Å². The van der Waals surface area contributed by atoms with Crippen LogP contribution in [-0.2, 0) is 22.6 Å². The van der Waals surface area contributed by atoms with Gasteiger partial charge in [0.25, 0.3) is 0 Å². The number of aryl methyl sites for hydroxylation is 2. The van der Waals surface area contributed by atoms with Crippen LogP contribution >= 0.6 is 0 Å². The van der Waals surface area contributed by atoms with E-state index in [-0.39, 0.29) is 17.9 Å². The zero-order valence-electron chi connectivity index (χ0n) is 19.0. The van der Waals surface area contributed by atoms with Crippen LogP contribution in [0.15, 0.2) is 54.6 Å². The molecule has 0 bridgehead atoms. The second-order valence-electron chi connectivity index (χ2n) is 8.70. The Labute approximate surface area is 187 Å². The topological polar surface area (TPSA) is 49.4 Å². The third-order valence-electron chi connectivity index (χ3n) is 6.41. The third-order valence-corrected chi connectivity index (χ3v) is 6.41. The van der Waals surface area contributed by atoms with Crippen LogP contribution in [0.2, 0.25) is 0 Å². The summed E-state index contributed by atoms with van der Waals surface area (Å²) in [6.45, 7) is 4.53. The number of carbonyl (C=O) groups excluding carboxylic acids is 2. The van der Waals surface area contributed by atoms with Crippen molar-refractivity contribution in [3.8, 4) is 0 Å². The molecule has 4 heteroatoms. The molecular weight excluding hydrogens is 384 g/mol. The van der Waals surface area contributed by atoms with E-state index < -0.39 is 6.04 Å². The number of rotatable bonds is 9. The summed E-state index contributed by atoms with van der Waals surface area (Å²) in [6.07, 6.45) is 7.38. The van der Waals surface area contributed by atoms with Gasteiger partial charge in [-0.05, 0) is 49.3 Å². The van der Waals surface area contributed by atoms with Crippen molar-refractivity contribution in [1.82, 2.24) is 10.2 Å². The Morgan fingerprint density at radius 2 is 1.68 bits per heavy atom. The molecule has 31 heavy (non-hydrogen) atoms. The fourth-order valence-electron chi connectivity index (χ4n) is 4.47. The van der Waals surface area contributed by atoms with Crippen molar-refractivity contribution in [2.75, 3.05) is 0 Å². The summed E-state index contributed by atoms with van der Waals surface area (Å²) >= 11 is 0. The number of nitrogens with zero attached hydrogens (tertiary/aromatic N) is 1. The van der Waals surface area contributed by atoms with Gasteiger partial charge in [-0.15, -0.1) is 0 Å². The molecule has 1 N–H and O–H groups in total. The Kier molecular flexibility index (Phi) is 8.69. The molecule has 2 amide bonds. The number of hydrogen-bond donors (Lipinski definition) is 1. The van der Waals surface area contributed by atoms with Crippen LogP contribution in [0.5, 0.6) is 0 Å². The van der Waals surface area contributed by atoms with Gasteiger partial charge in [0.15, 0.2) is 0 Å². The smallest absolute Gasteiger partial charge is 0.243 e. The maximum absolute atomic E-state index is 13.4. The molecule has 2 aromatic rings. The SMILES string of the molecule is CC[C@@H](C(=O)NC1CCCCC1)N(Cc1ccccc1C)C(=O)CCc1ccccc1. The van der Waals surface area contributed by atoms with E-state index in [0.29, 0.717) is 25.8 Å². The van der Waals surface area contributed by atoms with E-state index in [1.54, 1.807) is 0 Å². The Balaban J connectivity index is 1.75. The van der Waals surface area contributed by atoms with Crippen molar-refractivity contribution in [1.29, 1.82) is 0 Å². The zero-order chi connectivity index (χ0) is 22.1. The Morgan fingerprint density at radius 3 is 2.35 bits per heavy atom. The summed E-state index contributed by atoms with van der Waals surface area (Å²) in [4.78, 5) is 28.4. The van der Waals surface area contributed by atoms with Crippen molar-refractivity contribution < 1.29 is 9.59 Å². The van der Waals surface area contributed by atoms with E-state index in [1.165, 1.54) is 19.3 Å². The Hall–Kier alpha value is -2.62. The largest absolute Gasteiger partial charge is 0.352 e. The molecule has 1 aliphatic rings. The van der Waals surface area contributed by atoms with Gasteiger partial charge < -0.3 is 10.2 Å². The highest BCUT2D eigenvalue weighted by Gasteiger charge is 2.30. The number of nitrogens with one attached hydrogen (secondary N) is 1. The molecular formula is C27H36N2O2. The predicted octanol–water partition coefficient (Wildman–Crippen LogP) is 5.18. The van der Waals surface area contributed by atoms with E-state index in [0.717, 1.165) is 29.5 Å². The van der Waals surface area contributed by atoms with Crippen LogP contribution in [-0.4, -0.2) is 28.8 Å². The Bertz CT molecular complexity index is 843. The summed E-state index contributed by atoms with van der Waals surface area (Å²) in [5.41, 5.74) is 3.39. The first-order chi connectivity index (χ1) is 15.1. The molecule has 0 aromatic heterocycles. The molecule has 2 aromatic carbocycles. The van der Waals surface area contributed by atoms with Crippen molar-refractivity contribution in [3.05, 3.63) is 71.3 Å². The monoisotopic (exact) mass is 420 g/mol. The van der Waals surface area contributed by atoms with Crippen molar-refractivity contribution in [2.45, 2.75) is 83.8 Å². The lowest BCUT2D eigenvalue weighted by Crippen LogP contribution is -2.51. The van der Waals surface area contributed by atoms with E-state index in [4.69, 9.17) is 0 Å². The number of hydrogen-bond acceptors (Lipinski definition) is 2. The molecule has 0 saturated heterocycles. The van der Waals surface area contributed by atoms with Crippen LogP contribution < -0.4 is 5.32 Å². The van der Waals surface area contributed by atoms with Crippen molar-refractivity contribution in [3.63, 3.8) is 0 Å². The molecule has 0 spiro atoms. The highest BCUT2D eigenvalue weighted by atomic mass is 16.2. The average molecular weight is 421 g/mol. The molecule has 4 nitrogen and oxygen atoms in total. The van der Waals surface area contributed by atoms with Crippen LogP contribution in [0, 0.1) is 6.92 Å². The fourth-order valence-corrected chi connectivity index (χ4v) is 4.47. The second kappa shape index (κ2) is 11.7. The lowest BCUT2D eigenvalue weighted by Gasteiger charge is -2.33. The van der Waals surface area contributed by atoms with Gasteiger partial charge in [0.05, 0.1) is 0 Å². The summed E-state index contributed by atoms with van der Waals surface area (Å²) in [5, 5.41) is 3.25. The maximum atomic E-state index is 13.4. The predicted molar refractivity (Wildman–Crippen MR) is 126 cm³/mol. The highest BCUT2D eigenvalue weighted by molar-refractivity contribution is 5.88. The molecule has 0 aliphatic heterocycles. The number of carbonyl (C=O) groups is 2. The minimum absolute atomic E-state index is 0.00366. The molecule has 0 unspecified atom stereocenters. The summed E-state index contributed by atoms with van der Waals surface area (Å²) in [6, 6.07) is 18.0. The quantitative estimate of drug-likeness (QED) is 0.607. The van der Waals surface area contributed by atoms with Crippen molar-refractivity contribution >= 4 is 11.8 Å². The van der Waals surface area contributed by atoms with E-state index in [2.05, 4.69) is 24.4 Å². The molecule has 3 rings (SSSR count). The Morgan fingerprint density at radius 1 is 1.00 bits per heavy atom. The van der Waals surface area contributed by atoms with Gasteiger partial charge in [0, 0.05) is 19.0 Å². The lowest BCUT2D eigenvalue weighted by molar-refractivity contribution is -0.141. The van der Waals surface area contributed by atoms with Gasteiger partial charge in [0.1, 0.15) is 6.04 Å². The second-order valence-corrected chi connectivity index (χ2v) is 8.70. The highest BCUT2D eigenvalue weighted by Crippen LogP contribution is 2.20. The molecule has 1 atom stereocenters. The molecule has 0 radical (unpaired) electrons. The van der Waals surface area contributed by atoms with Gasteiger partial charge in [-0.3, -0.25) is 9.59 Å². The molecule has 1 fully saturated rings. The average Bonchev–Trinajstić information content (AvgIpc) is 2.80. The van der Waals surface area contributed by atoms with Crippen LogP contribution in [0.1, 0.15) is 68.6 Å². The molecule has 166 valence electrons. The standard InChI is InChI=1S/C27H36N2O2/c1-3-25(27(31)28-24-16-8-5-9-17-24)29(20-23-15-11-10-12-21(23)2)26(30)19-18-22-13-6-4-7-14-22/h4,6-7,10-15,24-25H,3,5,8-9,16-20H2,1-2H3,(H,28,31)/t25-/m0/s1. The maximum Gasteiger partial charge on any atom is 0.243 e. The molecule has 1 saturated carbocycles. The van der Waals surface area contributed by atoms with E-state index in [1.807, 2.05) is 54.3 Å². The van der Waals surface area contributed by atoms with Crippen molar-refractivity contribution in [2.24, 2.45) is 0 Å². The van der Waals surface area contributed by atoms with E-state index >= 15 is 0 Å². The first-order valence-electron chi connectivity index (χ1n) is 11.8. The first-order valence-corrected chi connectivity index (χ1v) is 11.8. The molecule has 1 aliphatic carbocycles. The normalized spacial score (nSPS) is 15.3. The number of benzene rings is 2.